The molecule has 10 nitrogen and oxygen atoms in total. The zero-order valence-corrected chi connectivity index (χ0v) is 27.4. The van der Waals surface area contributed by atoms with Crippen LogP contribution < -0.4 is 30.0 Å². The van der Waals surface area contributed by atoms with Gasteiger partial charge >= 0.3 is 6.09 Å². The zero-order valence-electron chi connectivity index (χ0n) is 27.4. The van der Waals surface area contributed by atoms with Crippen LogP contribution in [-0.2, 0) is 20.9 Å². The van der Waals surface area contributed by atoms with Gasteiger partial charge in [-0.2, -0.15) is 0 Å². The van der Waals surface area contributed by atoms with Crippen LogP contribution in [0.5, 0.6) is 17.2 Å². The molecule has 4 aromatic rings. The molecule has 0 unspecified atom stereocenters. The van der Waals surface area contributed by atoms with Crippen LogP contribution in [0, 0.1) is 0 Å². The predicted molar refractivity (Wildman–Crippen MR) is 183 cm³/mol. The topological polar surface area (TPSA) is 115 Å². The van der Waals surface area contributed by atoms with E-state index in [0.29, 0.717) is 29.4 Å². The number of fused-ring (bicyclic) bond motifs is 3. The van der Waals surface area contributed by atoms with Crippen molar-refractivity contribution in [3.8, 4) is 28.4 Å². The molecule has 1 aliphatic carbocycles. The van der Waals surface area contributed by atoms with E-state index in [1.807, 2.05) is 43.3 Å². The van der Waals surface area contributed by atoms with Crippen LogP contribution in [0.25, 0.3) is 11.1 Å². The lowest BCUT2D eigenvalue weighted by molar-refractivity contribution is -0.124. The summed E-state index contributed by atoms with van der Waals surface area (Å²) in [7, 11) is 3.10. The van der Waals surface area contributed by atoms with E-state index in [0.717, 1.165) is 46.9 Å². The van der Waals surface area contributed by atoms with E-state index in [1.54, 1.807) is 37.4 Å². The molecule has 0 bridgehead atoms. The molecule has 2 amide bonds. The summed E-state index contributed by atoms with van der Waals surface area (Å²) in [5.74, 6) is 1.02. The van der Waals surface area contributed by atoms with Crippen molar-refractivity contribution >= 4 is 24.0 Å². The van der Waals surface area contributed by atoms with E-state index in [2.05, 4.69) is 35.1 Å². The minimum atomic E-state index is -0.530. The number of benzene rings is 4. The summed E-state index contributed by atoms with van der Waals surface area (Å²) in [4.78, 5) is 38.9. The molecule has 250 valence electrons. The number of anilines is 1. The van der Waals surface area contributed by atoms with Gasteiger partial charge in [-0.25, -0.2) is 10.2 Å². The highest BCUT2D eigenvalue weighted by molar-refractivity contribution is 5.90. The Morgan fingerprint density at radius 2 is 1.54 bits per heavy atom. The third-order valence-electron chi connectivity index (χ3n) is 8.30. The molecule has 0 aliphatic heterocycles. The van der Waals surface area contributed by atoms with Crippen LogP contribution in [0.4, 0.5) is 10.5 Å². The first kappa shape index (κ1) is 34.0. The van der Waals surface area contributed by atoms with Crippen LogP contribution in [0.15, 0.2) is 91.0 Å². The number of carbonyl (C=O) groups is 3. The number of carbonyl (C=O) groups excluding carboxylic acids is 3. The van der Waals surface area contributed by atoms with Gasteiger partial charge in [0.15, 0.2) is 6.61 Å². The van der Waals surface area contributed by atoms with E-state index < -0.39 is 18.0 Å². The van der Waals surface area contributed by atoms with Crippen molar-refractivity contribution in [2.24, 2.45) is 0 Å². The lowest BCUT2D eigenvalue weighted by Crippen LogP contribution is -2.46. The van der Waals surface area contributed by atoms with E-state index in [9.17, 15) is 14.4 Å². The Bertz CT molecular complexity index is 1660. The summed E-state index contributed by atoms with van der Waals surface area (Å²) >= 11 is 0. The van der Waals surface area contributed by atoms with Gasteiger partial charge in [-0.15, -0.1) is 0 Å². The Labute approximate surface area is 280 Å². The normalized spacial score (nSPS) is 12.3. The van der Waals surface area contributed by atoms with Gasteiger partial charge in [-0.05, 0) is 58.5 Å². The maximum absolute atomic E-state index is 13.9. The minimum absolute atomic E-state index is 0.0922. The van der Waals surface area contributed by atoms with E-state index >= 15 is 0 Å². The molecule has 1 atom stereocenters. The molecule has 0 fully saturated rings. The van der Waals surface area contributed by atoms with Gasteiger partial charge in [0.05, 0.1) is 32.5 Å². The maximum Gasteiger partial charge on any atom is 0.414 e. The number of aldehydes is 1. The zero-order chi connectivity index (χ0) is 33.9. The Kier molecular flexibility index (Phi) is 11.7. The highest BCUT2D eigenvalue weighted by Gasteiger charge is 2.30. The van der Waals surface area contributed by atoms with Gasteiger partial charge in [0.25, 0.3) is 5.91 Å². The molecule has 10 heteroatoms. The van der Waals surface area contributed by atoms with Gasteiger partial charge in [0.2, 0.25) is 0 Å². The molecule has 48 heavy (non-hydrogen) atoms. The first-order chi connectivity index (χ1) is 23.4. The Hall–Kier alpha value is -5.35. The predicted octanol–water partition coefficient (Wildman–Crippen LogP) is 6.42. The highest BCUT2D eigenvalue weighted by atomic mass is 16.6. The molecule has 0 saturated carbocycles. The van der Waals surface area contributed by atoms with Crippen molar-refractivity contribution < 1.29 is 33.3 Å². The first-order valence-corrected chi connectivity index (χ1v) is 16.0. The number of methoxy groups -OCH3 is 2. The SMILES string of the molecule is CCCC[C@@H](C=O)NNC(=O)COc1ccc(CN(C(=O)OCC2c3ccccc3-c3ccccc32)c2ccc(OC)cc2OC)cc1. The molecular weight excluding hydrogens is 610 g/mol. The first-order valence-electron chi connectivity index (χ1n) is 16.0. The van der Waals surface area contributed by atoms with E-state index in [1.165, 1.54) is 12.0 Å². The van der Waals surface area contributed by atoms with Gasteiger partial charge in [-0.3, -0.25) is 15.1 Å². The quantitative estimate of drug-likeness (QED) is 0.105. The number of rotatable bonds is 16. The minimum Gasteiger partial charge on any atom is -0.497 e. The van der Waals surface area contributed by atoms with Crippen molar-refractivity contribution in [3.05, 3.63) is 108 Å². The fraction of sp³-hybridized carbons (Fsp3) is 0.289. The van der Waals surface area contributed by atoms with Crippen LogP contribution in [0.3, 0.4) is 0 Å². The Morgan fingerprint density at radius 3 is 2.17 bits per heavy atom. The van der Waals surface area contributed by atoms with Gasteiger partial charge < -0.3 is 23.7 Å². The molecule has 5 rings (SSSR count). The number of unbranched alkanes of at least 4 members (excludes halogenated alkanes) is 1. The van der Waals surface area contributed by atoms with Crippen molar-refractivity contribution in [1.29, 1.82) is 0 Å². The molecule has 0 spiro atoms. The molecule has 0 radical (unpaired) electrons. The average molecular weight is 652 g/mol. The number of amides is 2. The molecule has 1 aliphatic rings. The molecular formula is C38H41N3O7. The van der Waals surface area contributed by atoms with Crippen LogP contribution in [0.1, 0.15) is 48.8 Å². The second-order valence-corrected chi connectivity index (χ2v) is 11.4. The van der Waals surface area contributed by atoms with Gasteiger partial charge in [0, 0.05) is 12.0 Å². The van der Waals surface area contributed by atoms with Crippen LogP contribution in [0.2, 0.25) is 0 Å². The Balaban J connectivity index is 1.28. The summed E-state index contributed by atoms with van der Waals surface area (Å²) in [5.41, 5.74) is 11.1. The lowest BCUT2D eigenvalue weighted by Gasteiger charge is -2.25. The highest BCUT2D eigenvalue weighted by Crippen LogP contribution is 2.44. The number of ether oxygens (including phenoxy) is 4. The van der Waals surface area contributed by atoms with E-state index in [4.69, 9.17) is 18.9 Å². The van der Waals surface area contributed by atoms with Gasteiger partial charge in [-0.1, -0.05) is 80.4 Å². The second-order valence-electron chi connectivity index (χ2n) is 11.4. The second kappa shape index (κ2) is 16.5. The average Bonchev–Trinajstić information content (AvgIpc) is 3.45. The fourth-order valence-electron chi connectivity index (χ4n) is 5.76. The number of nitrogens with zero attached hydrogens (tertiary/aromatic N) is 1. The molecule has 4 aromatic carbocycles. The summed E-state index contributed by atoms with van der Waals surface area (Å²) in [6.07, 6.45) is 2.72. The van der Waals surface area contributed by atoms with Crippen molar-refractivity contribution in [2.45, 2.75) is 44.7 Å². The standard InChI is InChI=1S/C38H41N3O7/c1-4-5-10-27(23-42)39-40-37(43)25-47-28-17-15-26(16-18-28)22-41(35-20-19-29(45-2)21-36(35)46-3)38(44)48-24-34-32-13-8-6-11-30(32)31-12-7-9-14-33(31)34/h6-9,11-21,23,27,34,39H,4-5,10,22,24-25H2,1-3H3,(H,40,43)/t27-/m0/s1. The van der Waals surface area contributed by atoms with Gasteiger partial charge in [0.1, 0.15) is 30.1 Å². The van der Waals surface area contributed by atoms with Crippen molar-refractivity contribution in [1.82, 2.24) is 10.9 Å². The summed E-state index contributed by atoms with van der Waals surface area (Å²) < 4.78 is 22.7. The van der Waals surface area contributed by atoms with E-state index in [-0.39, 0.29) is 25.7 Å². The molecule has 0 saturated heterocycles. The third-order valence-corrected chi connectivity index (χ3v) is 8.30. The number of hydrogen-bond acceptors (Lipinski definition) is 8. The number of hydrogen-bond donors (Lipinski definition) is 2. The van der Waals surface area contributed by atoms with Crippen LogP contribution in [-0.4, -0.2) is 51.8 Å². The smallest absolute Gasteiger partial charge is 0.414 e. The monoisotopic (exact) mass is 651 g/mol. The number of nitrogens with one attached hydrogen (secondary N) is 2. The maximum atomic E-state index is 13.9. The summed E-state index contributed by atoms with van der Waals surface area (Å²) in [6, 6.07) is 28.3. The largest absolute Gasteiger partial charge is 0.497 e. The lowest BCUT2D eigenvalue weighted by atomic mass is 9.98. The molecule has 0 heterocycles. The Morgan fingerprint density at radius 1 is 0.875 bits per heavy atom. The molecule has 0 aromatic heterocycles. The fourth-order valence-corrected chi connectivity index (χ4v) is 5.76. The number of hydrazine groups is 1. The third kappa shape index (κ3) is 8.13. The summed E-state index contributed by atoms with van der Waals surface area (Å²) in [5, 5.41) is 0. The summed E-state index contributed by atoms with van der Waals surface area (Å²) in [6.45, 7) is 2.14. The van der Waals surface area contributed by atoms with Crippen molar-refractivity contribution in [3.63, 3.8) is 0 Å². The molecule has 2 N–H and O–H groups in total. The van der Waals surface area contributed by atoms with Crippen LogP contribution >= 0.6 is 0 Å². The van der Waals surface area contributed by atoms with Crippen molar-refractivity contribution in [2.75, 3.05) is 32.3 Å².